The smallest absolute Gasteiger partial charge is 0.356 e. The molecule has 1 rings (SSSR count). The summed E-state index contributed by atoms with van der Waals surface area (Å²) in [5.41, 5.74) is 0.952. The Hall–Kier alpha value is -1.42. The van der Waals surface area contributed by atoms with Gasteiger partial charge in [0.05, 0.1) is 5.30 Å². The van der Waals surface area contributed by atoms with Crippen molar-refractivity contribution in [3.05, 3.63) is 42.0 Å². The molecule has 17 heavy (non-hydrogen) atoms. The predicted molar refractivity (Wildman–Crippen MR) is 62.7 cm³/mol. The van der Waals surface area contributed by atoms with Gasteiger partial charge >= 0.3 is 13.6 Å². The van der Waals surface area contributed by atoms with E-state index in [1.807, 2.05) is 0 Å². The van der Waals surface area contributed by atoms with Gasteiger partial charge in [-0.05, 0) is 24.6 Å². The van der Waals surface area contributed by atoms with E-state index in [1.54, 1.807) is 6.92 Å². The number of hydrogen-bond donors (Lipinski definition) is 2. The molecule has 0 aliphatic heterocycles. The molecular weight excluding hydrogens is 243 g/mol. The molecule has 1 aromatic rings. The number of benzene rings is 1. The molecule has 0 unspecified atom stereocenters. The highest BCUT2D eigenvalue weighted by atomic mass is 31.2. The highest BCUT2D eigenvalue weighted by Crippen LogP contribution is 2.32. The van der Waals surface area contributed by atoms with Gasteiger partial charge in [-0.25, -0.2) is 4.79 Å². The van der Waals surface area contributed by atoms with Gasteiger partial charge in [0, 0.05) is 5.57 Å². The molecule has 0 aromatic heterocycles. The van der Waals surface area contributed by atoms with Crippen LogP contribution < -0.4 is 5.30 Å². The Balaban J connectivity index is 2.67. The fraction of sp³-hybridized carbons (Fsp3) is 0.182. The number of carbonyl (C=O) groups excluding carboxylic acids is 1. The second kappa shape index (κ2) is 5.27. The molecule has 5 nitrogen and oxygen atoms in total. The van der Waals surface area contributed by atoms with Crippen LogP contribution in [0.25, 0.3) is 0 Å². The number of esters is 1. The number of rotatable bonds is 4. The van der Waals surface area contributed by atoms with Gasteiger partial charge in [-0.2, -0.15) is 0 Å². The SMILES string of the molecule is C=C(C)C(=O)OCc1ccc(P(=O)(O)O)cc1. The van der Waals surface area contributed by atoms with Crippen LogP contribution in [0.2, 0.25) is 0 Å². The number of ether oxygens (including phenoxy) is 1. The van der Waals surface area contributed by atoms with Crippen molar-refractivity contribution >= 4 is 18.9 Å². The van der Waals surface area contributed by atoms with Crippen LogP contribution in [0, 0.1) is 0 Å². The molecule has 0 radical (unpaired) electrons. The van der Waals surface area contributed by atoms with E-state index in [-0.39, 0.29) is 11.9 Å². The molecule has 0 aliphatic carbocycles. The first-order chi connectivity index (χ1) is 7.80. The summed E-state index contributed by atoms with van der Waals surface area (Å²) in [6.07, 6.45) is 0. The predicted octanol–water partition coefficient (Wildman–Crippen LogP) is 1.11. The first-order valence-corrected chi connectivity index (χ1v) is 6.39. The van der Waals surface area contributed by atoms with Crippen LogP contribution in [0.15, 0.2) is 36.4 Å². The fourth-order valence-corrected chi connectivity index (χ4v) is 1.60. The summed E-state index contributed by atoms with van der Waals surface area (Å²) in [6, 6.07) is 5.62. The minimum absolute atomic E-state index is 0.0487. The highest BCUT2D eigenvalue weighted by Gasteiger charge is 2.16. The Bertz CT molecular complexity index is 471. The number of carbonyl (C=O) groups is 1. The molecular formula is C11H13O5P. The molecule has 1 aromatic carbocycles. The van der Waals surface area contributed by atoms with E-state index in [1.165, 1.54) is 24.3 Å². The summed E-state index contributed by atoms with van der Waals surface area (Å²) in [7, 11) is -4.21. The maximum Gasteiger partial charge on any atom is 0.356 e. The van der Waals surface area contributed by atoms with Gasteiger partial charge < -0.3 is 14.5 Å². The van der Waals surface area contributed by atoms with Crippen LogP contribution >= 0.6 is 7.60 Å². The summed E-state index contributed by atoms with van der Waals surface area (Å²) in [6.45, 7) is 5.03. The van der Waals surface area contributed by atoms with Gasteiger partial charge in [-0.1, -0.05) is 18.7 Å². The molecule has 0 amide bonds. The summed E-state index contributed by atoms with van der Waals surface area (Å²) >= 11 is 0. The van der Waals surface area contributed by atoms with Gasteiger partial charge in [0.15, 0.2) is 0 Å². The molecule has 0 atom stereocenters. The minimum Gasteiger partial charge on any atom is -0.457 e. The Labute approximate surface area is 98.9 Å². The first-order valence-electron chi connectivity index (χ1n) is 4.78. The fourth-order valence-electron chi connectivity index (χ4n) is 1.06. The molecule has 0 bridgehead atoms. The van der Waals surface area contributed by atoms with Crippen LogP contribution in [-0.4, -0.2) is 15.8 Å². The average Bonchev–Trinajstić information content (AvgIpc) is 2.25. The standard InChI is InChI=1S/C11H13O5P/c1-8(2)11(12)16-7-9-3-5-10(6-4-9)17(13,14)15/h3-6H,1,7H2,2H3,(H2,13,14,15). The van der Waals surface area contributed by atoms with E-state index in [9.17, 15) is 9.36 Å². The molecule has 6 heteroatoms. The van der Waals surface area contributed by atoms with Crippen molar-refractivity contribution < 1.29 is 23.9 Å². The molecule has 0 spiro atoms. The Kier molecular flexibility index (Phi) is 4.23. The van der Waals surface area contributed by atoms with Crippen LogP contribution in [0.4, 0.5) is 0 Å². The lowest BCUT2D eigenvalue weighted by molar-refractivity contribution is -0.140. The van der Waals surface area contributed by atoms with Crippen molar-refractivity contribution in [1.29, 1.82) is 0 Å². The van der Waals surface area contributed by atoms with E-state index in [0.717, 1.165) is 0 Å². The molecule has 0 aliphatic rings. The summed E-state index contributed by atoms with van der Waals surface area (Å²) in [5, 5.41) is -0.0625. The van der Waals surface area contributed by atoms with Gasteiger partial charge in [-0.15, -0.1) is 0 Å². The van der Waals surface area contributed by atoms with Crippen molar-refractivity contribution in [3.63, 3.8) is 0 Å². The normalized spacial score (nSPS) is 11.0. The highest BCUT2D eigenvalue weighted by molar-refractivity contribution is 7.60. The maximum atomic E-state index is 11.1. The third kappa shape index (κ3) is 4.15. The number of hydrogen-bond acceptors (Lipinski definition) is 3. The molecule has 92 valence electrons. The Morgan fingerprint density at radius 1 is 1.35 bits per heavy atom. The van der Waals surface area contributed by atoms with Crippen molar-refractivity contribution in [2.24, 2.45) is 0 Å². The third-order valence-electron chi connectivity index (χ3n) is 1.99. The van der Waals surface area contributed by atoms with Crippen molar-refractivity contribution in [3.8, 4) is 0 Å². The molecule has 0 saturated heterocycles. The lowest BCUT2D eigenvalue weighted by Crippen LogP contribution is -2.07. The van der Waals surface area contributed by atoms with Crippen LogP contribution in [0.3, 0.4) is 0 Å². The molecule has 0 fully saturated rings. The minimum atomic E-state index is -4.21. The summed E-state index contributed by atoms with van der Waals surface area (Å²) < 4.78 is 15.8. The Morgan fingerprint density at radius 3 is 2.29 bits per heavy atom. The quantitative estimate of drug-likeness (QED) is 0.479. The van der Waals surface area contributed by atoms with Gasteiger partial charge in [0.1, 0.15) is 6.61 Å². The van der Waals surface area contributed by atoms with E-state index in [4.69, 9.17) is 14.5 Å². The lowest BCUT2D eigenvalue weighted by atomic mass is 10.2. The van der Waals surface area contributed by atoms with Crippen molar-refractivity contribution in [2.45, 2.75) is 13.5 Å². The largest absolute Gasteiger partial charge is 0.457 e. The van der Waals surface area contributed by atoms with Crippen molar-refractivity contribution in [1.82, 2.24) is 0 Å². The van der Waals surface area contributed by atoms with E-state index < -0.39 is 13.6 Å². The molecule has 0 heterocycles. The zero-order valence-corrected chi connectivity index (χ0v) is 10.2. The van der Waals surface area contributed by atoms with E-state index in [0.29, 0.717) is 11.1 Å². The summed E-state index contributed by atoms with van der Waals surface area (Å²) in [4.78, 5) is 28.9. The second-order valence-electron chi connectivity index (χ2n) is 3.57. The van der Waals surface area contributed by atoms with Crippen molar-refractivity contribution in [2.75, 3.05) is 0 Å². The first kappa shape index (κ1) is 13.6. The maximum absolute atomic E-state index is 11.1. The van der Waals surface area contributed by atoms with Gasteiger partial charge in [0.25, 0.3) is 0 Å². The lowest BCUT2D eigenvalue weighted by Gasteiger charge is -2.06. The van der Waals surface area contributed by atoms with E-state index >= 15 is 0 Å². The topological polar surface area (TPSA) is 83.8 Å². The zero-order chi connectivity index (χ0) is 13.1. The Morgan fingerprint density at radius 2 is 1.88 bits per heavy atom. The monoisotopic (exact) mass is 256 g/mol. The van der Waals surface area contributed by atoms with Crippen LogP contribution in [0.1, 0.15) is 12.5 Å². The third-order valence-corrected chi connectivity index (χ3v) is 2.96. The van der Waals surface area contributed by atoms with E-state index in [2.05, 4.69) is 6.58 Å². The molecule has 2 N–H and O–H groups in total. The van der Waals surface area contributed by atoms with Gasteiger partial charge in [-0.3, -0.25) is 4.57 Å². The van der Waals surface area contributed by atoms with Crippen LogP contribution in [0.5, 0.6) is 0 Å². The zero-order valence-electron chi connectivity index (χ0n) is 9.29. The second-order valence-corrected chi connectivity index (χ2v) is 5.17. The average molecular weight is 256 g/mol. The van der Waals surface area contributed by atoms with Crippen LogP contribution in [-0.2, 0) is 20.7 Å². The summed E-state index contributed by atoms with van der Waals surface area (Å²) in [5.74, 6) is -0.496. The van der Waals surface area contributed by atoms with Gasteiger partial charge in [0.2, 0.25) is 0 Å². The molecule has 0 saturated carbocycles.